The van der Waals surface area contributed by atoms with Crippen molar-refractivity contribution in [1.29, 1.82) is 0 Å². The molecular weight excluding hydrogens is 347 g/mol. The van der Waals surface area contributed by atoms with E-state index in [1.165, 1.54) is 25.0 Å². The number of benzene rings is 1. The molecule has 1 fully saturated rings. The molecule has 1 amide bonds. The second-order valence-electron chi connectivity index (χ2n) is 6.95. The number of H-pyrrole nitrogens is 1. The molecule has 1 aliphatic rings. The predicted molar refractivity (Wildman–Crippen MR) is 99.9 cm³/mol. The fourth-order valence-corrected chi connectivity index (χ4v) is 3.44. The number of rotatable bonds is 7. The molecule has 1 saturated heterocycles. The van der Waals surface area contributed by atoms with Gasteiger partial charge in [-0.2, -0.15) is 0 Å². The zero-order chi connectivity index (χ0) is 18.6. The Bertz CT molecular complexity index is 927. The summed E-state index contributed by atoms with van der Waals surface area (Å²) in [5.74, 6) is 1.48. The minimum atomic E-state index is -0.285. The lowest BCUT2D eigenvalue weighted by molar-refractivity contribution is 0.0922. The molecular formula is C20H23FN4O2. The zero-order valence-corrected chi connectivity index (χ0v) is 15.1. The molecule has 6 nitrogen and oxygen atoms in total. The summed E-state index contributed by atoms with van der Waals surface area (Å²) in [5, 5.41) is 2.87. The SMILES string of the molecule is O=C(NCCCc1nc2ccc(F)cc2[nH]1)c1ccc(CN2CCCC2)o1. The van der Waals surface area contributed by atoms with Gasteiger partial charge in [-0.05, 0) is 62.7 Å². The average molecular weight is 370 g/mol. The highest BCUT2D eigenvalue weighted by Crippen LogP contribution is 2.16. The molecule has 0 unspecified atom stereocenters. The molecule has 7 heteroatoms. The Labute approximate surface area is 156 Å². The van der Waals surface area contributed by atoms with Crippen molar-refractivity contribution >= 4 is 16.9 Å². The molecule has 27 heavy (non-hydrogen) atoms. The number of hydrogen-bond donors (Lipinski definition) is 2. The molecule has 0 aliphatic carbocycles. The van der Waals surface area contributed by atoms with E-state index in [2.05, 4.69) is 20.2 Å². The number of amides is 1. The number of imidazole rings is 1. The van der Waals surface area contributed by atoms with Gasteiger partial charge in [0.05, 0.1) is 17.6 Å². The number of nitrogens with zero attached hydrogens (tertiary/aromatic N) is 2. The first-order valence-corrected chi connectivity index (χ1v) is 9.41. The third kappa shape index (κ3) is 4.36. The standard InChI is InChI=1S/C20H23FN4O2/c21-14-5-7-16-17(12-14)24-19(23-16)4-3-9-22-20(26)18-8-6-15(27-18)13-25-10-1-2-11-25/h5-8,12H,1-4,9-11,13H2,(H,22,26)(H,23,24). The molecule has 2 N–H and O–H groups in total. The van der Waals surface area contributed by atoms with Gasteiger partial charge in [0, 0.05) is 13.0 Å². The van der Waals surface area contributed by atoms with E-state index in [9.17, 15) is 9.18 Å². The van der Waals surface area contributed by atoms with E-state index in [1.54, 1.807) is 12.1 Å². The number of aryl methyl sites for hydroxylation is 1. The van der Waals surface area contributed by atoms with E-state index in [4.69, 9.17) is 4.42 Å². The summed E-state index contributed by atoms with van der Waals surface area (Å²) < 4.78 is 18.9. The van der Waals surface area contributed by atoms with Gasteiger partial charge in [0.2, 0.25) is 0 Å². The monoisotopic (exact) mass is 370 g/mol. The maximum Gasteiger partial charge on any atom is 0.286 e. The number of aromatic nitrogens is 2. The van der Waals surface area contributed by atoms with Gasteiger partial charge in [-0.1, -0.05) is 0 Å². The second-order valence-corrected chi connectivity index (χ2v) is 6.95. The number of hydrogen-bond acceptors (Lipinski definition) is 4. The van der Waals surface area contributed by atoms with Crippen LogP contribution in [0.15, 0.2) is 34.7 Å². The average Bonchev–Trinajstić information content (AvgIpc) is 3.39. The quantitative estimate of drug-likeness (QED) is 0.626. The maximum atomic E-state index is 13.2. The van der Waals surface area contributed by atoms with Crippen LogP contribution in [0, 0.1) is 5.82 Å². The number of aromatic amines is 1. The van der Waals surface area contributed by atoms with Crippen LogP contribution in [-0.2, 0) is 13.0 Å². The van der Waals surface area contributed by atoms with Gasteiger partial charge in [0.25, 0.3) is 5.91 Å². The zero-order valence-electron chi connectivity index (χ0n) is 15.1. The van der Waals surface area contributed by atoms with E-state index in [0.29, 0.717) is 24.2 Å². The molecule has 4 rings (SSSR count). The fourth-order valence-electron chi connectivity index (χ4n) is 3.44. The number of carbonyl (C=O) groups is 1. The normalized spacial score (nSPS) is 14.9. The van der Waals surface area contributed by atoms with E-state index >= 15 is 0 Å². The molecule has 1 aromatic carbocycles. The Hall–Kier alpha value is -2.67. The van der Waals surface area contributed by atoms with Crippen molar-refractivity contribution in [2.24, 2.45) is 0 Å². The van der Waals surface area contributed by atoms with Crippen LogP contribution in [0.1, 0.15) is 41.4 Å². The van der Waals surface area contributed by atoms with Crippen molar-refractivity contribution < 1.29 is 13.6 Å². The third-order valence-corrected chi connectivity index (χ3v) is 4.83. The Balaban J connectivity index is 1.23. The van der Waals surface area contributed by atoms with E-state index in [-0.39, 0.29) is 11.7 Å². The van der Waals surface area contributed by atoms with Crippen LogP contribution in [0.25, 0.3) is 11.0 Å². The Morgan fingerprint density at radius 3 is 2.96 bits per heavy atom. The summed E-state index contributed by atoms with van der Waals surface area (Å²) in [6.07, 6.45) is 3.87. The summed E-state index contributed by atoms with van der Waals surface area (Å²) in [6.45, 7) is 3.47. The number of likely N-dealkylation sites (tertiary alicyclic amines) is 1. The lowest BCUT2D eigenvalue weighted by Crippen LogP contribution is -2.24. The highest BCUT2D eigenvalue weighted by atomic mass is 19.1. The highest BCUT2D eigenvalue weighted by molar-refractivity contribution is 5.91. The van der Waals surface area contributed by atoms with Gasteiger partial charge in [0.15, 0.2) is 5.76 Å². The first-order chi connectivity index (χ1) is 13.2. The molecule has 142 valence electrons. The largest absolute Gasteiger partial charge is 0.455 e. The first kappa shape index (κ1) is 17.7. The molecule has 0 radical (unpaired) electrons. The summed E-state index contributed by atoms with van der Waals surface area (Å²) in [6, 6.07) is 8.09. The molecule has 0 bridgehead atoms. The van der Waals surface area contributed by atoms with Crippen molar-refractivity contribution in [3.8, 4) is 0 Å². The Kier molecular flexibility index (Phi) is 5.20. The fraction of sp³-hybridized carbons (Fsp3) is 0.400. The van der Waals surface area contributed by atoms with E-state index < -0.39 is 0 Å². The molecule has 3 heterocycles. The summed E-state index contributed by atoms with van der Waals surface area (Å²) >= 11 is 0. The van der Waals surface area contributed by atoms with Gasteiger partial charge in [-0.25, -0.2) is 9.37 Å². The van der Waals surface area contributed by atoms with E-state index in [1.807, 2.05) is 6.07 Å². The Morgan fingerprint density at radius 1 is 1.26 bits per heavy atom. The van der Waals surface area contributed by atoms with Crippen molar-refractivity contribution in [2.45, 2.75) is 32.2 Å². The predicted octanol–water partition coefficient (Wildman–Crippen LogP) is 3.25. The summed E-state index contributed by atoms with van der Waals surface area (Å²) in [4.78, 5) is 22.1. The number of nitrogens with one attached hydrogen (secondary N) is 2. The van der Waals surface area contributed by atoms with Crippen LogP contribution in [0.5, 0.6) is 0 Å². The molecule has 0 spiro atoms. The molecule has 0 atom stereocenters. The van der Waals surface area contributed by atoms with Crippen molar-refractivity contribution in [3.63, 3.8) is 0 Å². The summed E-state index contributed by atoms with van der Waals surface area (Å²) in [7, 11) is 0. The molecule has 3 aromatic rings. The van der Waals surface area contributed by atoms with Gasteiger partial charge in [-0.3, -0.25) is 9.69 Å². The lowest BCUT2D eigenvalue weighted by atomic mass is 10.3. The Morgan fingerprint density at radius 2 is 2.11 bits per heavy atom. The number of fused-ring (bicyclic) bond motifs is 1. The highest BCUT2D eigenvalue weighted by Gasteiger charge is 2.16. The minimum Gasteiger partial charge on any atom is -0.455 e. The van der Waals surface area contributed by atoms with Crippen LogP contribution in [0.3, 0.4) is 0 Å². The number of halogens is 1. The smallest absolute Gasteiger partial charge is 0.286 e. The van der Waals surface area contributed by atoms with Gasteiger partial charge < -0.3 is 14.7 Å². The van der Waals surface area contributed by atoms with Gasteiger partial charge in [-0.15, -0.1) is 0 Å². The van der Waals surface area contributed by atoms with Crippen LogP contribution >= 0.6 is 0 Å². The van der Waals surface area contributed by atoms with Crippen LogP contribution in [-0.4, -0.2) is 40.4 Å². The van der Waals surface area contributed by atoms with Crippen molar-refractivity contribution in [2.75, 3.05) is 19.6 Å². The molecule has 1 aliphatic heterocycles. The number of carbonyl (C=O) groups excluding carboxylic acids is 1. The summed E-state index contributed by atoms with van der Waals surface area (Å²) in [5.41, 5.74) is 1.44. The first-order valence-electron chi connectivity index (χ1n) is 9.41. The topological polar surface area (TPSA) is 74.2 Å². The van der Waals surface area contributed by atoms with E-state index in [0.717, 1.165) is 43.2 Å². The third-order valence-electron chi connectivity index (χ3n) is 4.83. The van der Waals surface area contributed by atoms with Crippen LogP contribution < -0.4 is 5.32 Å². The minimum absolute atomic E-state index is 0.200. The lowest BCUT2D eigenvalue weighted by Gasteiger charge is -2.11. The van der Waals surface area contributed by atoms with Crippen molar-refractivity contribution in [3.05, 3.63) is 53.5 Å². The van der Waals surface area contributed by atoms with Gasteiger partial charge in [0.1, 0.15) is 17.4 Å². The van der Waals surface area contributed by atoms with Gasteiger partial charge >= 0.3 is 0 Å². The van der Waals surface area contributed by atoms with Crippen molar-refractivity contribution in [1.82, 2.24) is 20.2 Å². The maximum absolute atomic E-state index is 13.2. The second kappa shape index (κ2) is 7.92. The van der Waals surface area contributed by atoms with Crippen LogP contribution in [0.4, 0.5) is 4.39 Å². The van der Waals surface area contributed by atoms with Crippen LogP contribution in [0.2, 0.25) is 0 Å². The molecule has 2 aromatic heterocycles. The number of furan rings is 1. The molecule has 0 saturated carbocycles.